The number of rotatable bonds is 5. The monoisotopic (exact) mass is 426 g/mol. The summed E-state index contributed by atoms with van der Waals surface area (Å²) in [4.78, 5) is 0. The van der Waals surface area contributed by atoms with Crippen molar-refractivity contribution in [1.82, 2.24) is 0 Å². The molecule has 1 aliphatic rings. The van der Waals surface area contributed by atoms with E-state index in [1.54, 1.807) is 0 Å². The van der Waals surface area contributed by atoms with Gasteiger partial charge in [0, 0.05) is 5.54 Å². The highest BCUT2D eigenvalue weighted by molar-refractivity contribution is 6.75. The summed E-state index contributed by atoms with van der Waals surface area (Å²) in [5.41, 5.74) is 7.53. The Kier molecular flexibility index (Phi) is 5.70. The molecule has 0 N–H and O–H groups in total. The van der Waals surface area contributed by atoms with E-state index in [9.17, 15) is 0 Å². The fourth-order valence-corrected chi connectivity index (χ4v) is 8.40. The fourth-order valence-electron chi connectivity index (χ4n) is 5.15. The summed E-state index contributed by atoms with van der Waals surface area (Å²) in [5.74, 6) is 1.10. The Balaban J connectivity index is 1.87. The number of allylic oxidation sites excluding steroid dienone is 1. The highest BCUT2D eigenvalue weighted by Gasteiger charge is 2.34. The first-order valence-electron chi connectivity index (χ1n) is 11.3. The molecule has 0 radical (unpaired) electrons. The molecule has 0 saturated heterocycles. The van der Waals surface area contributed by atoms with E-state index in [4.69, 9.17) is 4.74 Å². The fraction of sp³-hybridized carbons (Fsp3) is 0.310. The van der Waals surface area contributed by atoms with Crippen molar-refractivity contribution in [1.29, 1.82) is 0 Å². The SMILES string of the molecule is C=CCOc1c([Si@@H](C)C2C(C)=Cc3c2ccc2ccccc32)cc(C)cc1C(C)(C)C. The summed E-state index contributed by atoms with van der Waals surface area (Å²) < 4.78 is 6.37. The van der Waals surface area contributed by atoms with Crippen molar-refractivity contribution in [2.24, 2.45) is 0 Å². The van der Waals surface area contributed by atoms with Crippen LogP contribution in [0, 0.1) is 6.92 Å². The molecule has 3 aromatic carbocycles. The summed E-state index contributed by atoms with van der Waals surface area (Å²) in [7, 11) is -1.43. The van der Waals surface area contributed by atoms with E-state index in [0.717, 1.165) is 5.75 Å². The van der Waals surface area contributed by atoms with Gasteiger partial charge in [-0.2, -0.15) is 0 Å². The van der Waals surface area contributed by atoms with Crippen molar-refractivity contribution < 1.29 is 4.74 Å². The molecule has 2 atom stereocenters. The highest BCUT2D eigenvalue weighted by Crippen LogP contribution is 2.42. The molecule has 1 unspecified atom stereocenters. The lowest BCUT2D eigenvalue weighted by molar-refractivity contribution is 0.354. The number of benzene rings is 3. The molecular weight excluding hydrogens is 392 g/mol. The zero-order valence-corrected chi connectivity index (χ0v) is 20.9. The maximum Gasteiger partial charge on any atom is 0.122 e. The molecule has 0 aliphatic heterocycles. The minimum absolute atomic E-state index is 0.0278. The average Bonchev–Trinajstić information content (AvgIpc) is 3.07. The smallest absolute Gasteiger partial charge is 0.122 e. The van der Waals surface area contributed by atoms with Crippen molar-refractivity contribution in [2.45, 2.75) is 52.1 Å². The summed E-state index contributed by atoms with van der Waals surface area (Å²) >= 11 is 0. The van der Waals surface area contributed by atoms with E-state index < -0.39 is 8.80 Å². The third-order valence-corrected chi connectivity index (χ3v) is 9.90. The molecule has 31 heavy (non-hydrogen) atoms. The van der Waals surface area contributed by atoms with Crippen molar-refractivity contribution in [3.8, 4) is 5.75 Å². The second-order valence-corrected chi connectivity index (χ2v) is 12.9. The number of hydrogen-bond donors (Lipinski definition) is 0. The Morgan fingerprint density at radius 1 is 1.06 bits per heavy atom. The van der Waals surface area contributed by atoms with Crippen LogP contribution in [0.3, 0.4) is 0 Å². The normalized spacial score (nSPS) is 16.7. The number of fused-ring (bicyclic) bond motifs is 3. The second-order valence-electron chi connectivity index (χ2n) is 10.0. The van der Waals surface area contributed by atoms with Crippen molar-refractivity contribution in [3.63, 3.8) is 0 Å². The molecule has 160 valence electrons. The first kappa shape index (κ1) is 21.6. The van der Waals surface area contributed by atoms with Gasteiger partial charge in [-0.3, -0.25) is 0 Å². The third-order valence-electron chi connectivity index (χ3n) is 6.61. The van der Waals surface area contributed by atoms with E-state index in [1.165, 1.54) is 43.8 Å². The average molecular weight is 427 g/mol. The Bertz CT molecular complexity index is 1180. The molecular formula is C29H34OSi. The summed E-state index contributed by atoms with van der Waals surface area (Å²) in [6, 6.07) is 18.1. The van der Waals surface area contributed by atoms with Gasteiger partial charge in [0.05, 0.1) is 8.80 Å². The van der Waals surface area contributed by atoms with Crippen LogP contribution in [0.4, 0.5) is 0 Å². The van der Waals surface area contributed by atoms with Gasteiger partial charge in [0.15, 0.2) is 0 Å². The van der Waals surface area contributed by atoms with Gasteiger partial charge in [-0.25, -0.2) is 0 Å². The van der Waals surface area contributed by atoms with Gasteiger partial charge in [-0.05, 0) is 51.9 Å². The molecule has 0 fully saturated rings. The van der Waals surface area contributed by atoms with Crippen molar-refractivity contribution in [2.75, 3.05) is 6.61 Å². The van der Waals surface area contributed by atoms with Crippen LogP contribution in [0.25, 0.3) is 16.8 Å². The topological polar surface area (TPSA) is 9.23 Å². The molecule has 4 rings (SSSR count). The predicted octanol–water partition coefficient (Wildman–Crippen LogP) is 6.81. The van der Waals surface area contributed by atoms with Crippen molar-refractivity contribution >= 4 is 30.8 Å². The van der Waals surface area contributed by atoms with E-state index in [2.05, 4.69) is 102 Å². The van der Waals surface area contributed by atoms with Crippen LogP contribution in [0.15, 0.2) is 66.8 Å². The standard InChI is InChI=1S/C29H34OSi/c1-8-15-30-27-25(29(4,5)6)16-19(2)17-26(27)31(7)28-20(3)18-24-22-12-10-9-11-21(22)13-14-23(24)28/h8-14,16-18,28,31H,1,15H2,2-7H3/t28?,31-/m1/s1. The molecule has 2 heteroatoms. The Hall–Kier alpha value is -2.58. The van der Waals surface area contributed by atoms with Gasteiger partial charge >= 0.3 is 0 Å². The van der Waals surface area contributed by atoms with Crippen LogP contribution >= 0.6 is 0 Å². The van der Waals surface area contributed by atoms with Gasteiger partial charge in [0.25, 0.3) is 0 Å². The predicted molar refractivity (Wildman–Crippen MR) is 139 cm³/mol. The van der Waals surface area contributed by atoms with Crippen LogP contribution in [0.5, 0.6) is 5.75 Å². The zero-order valence-electron chi connectivity index (χ0n) is 19.8. The summed E-state index contributed by atoms with van der Waals surface area (Å²) in [6.45, 7) is 18.3. The lowest BCUT2D eigenvalue weighted by Gasteiger charge is -2.30. The van der Waals surface area contributed by atoms with Crippen LogP contribution in [0.2, 0.25) is 6.55 Å². The molecule has 0 bridgehead atoms. The molecule has 0 spiro atoms. The minimum Gasteiger partial charge on any atom is -0.489 e. The molecule has 0 amide bonds. The first-order valence-corrected chi connectivity index (χ1v) is 13.7. The number of aryl methyl sites for hydroxylation is 1. The number of hydrogen-bond acceptors (Lipinski definition) is 1. The third kappa shape index (κ3) is 3.90. The molecule has 0 aromatic heterocycles. The molecule has 1 aliphatic carbocycles. The minimum atomic E-state index is -1.43. The maximum atomic E-state index is 6.37. The van der Waals surface area contributed by atoms with Gasteiger partial charge in [0.1, 0.15) is 12.4 Å². The van der Waals surface area contributed by atoms with Crippen LogP contribution in [0.1, 0.15) is 55.5 Å². The zero-order chi connectivity index (χ0) is 22.3. The van der Waals surface area contributed by atoms with E-state index in [1.807, 2.05) is 6.08 Å². The largest absolute Gasteiger partial charge is 0.489 e. The van der Waals surface area contributed by atoms with Gasteiger partial charge in [-0.1, -0.05) is 106 Å². The highest BCUT2D eigenvalue weighted by atomic mass is 28.3. The Morgan fingerprint density at radius 3 is 2.52 bits per heavy atom. The lowest BCUT2D eigenvalue weighted by atomic mass is 9.85. The van der Waals surface area contributed by atoms with Gasteiger partial charge in [0.2, 0.25) is 0 Å². The molecule has 0 saturated carbocycles. The maximum absolute atomic E-state index is 6.37. The summed E-state index contributed by atoms with van der Waals surface area (Å²) in [5, 5.41) is 4.12. The van der Waals surface area contributed by atoms with E-state index >= 15 is 0 Å². The molecule has 3 aromatic rings. The van der Waals surface area contributed by atoms with Crippen LogP contribution in [-0.4, -0.2) is 15.4 Å². The van der Waals surface area contributed by atoms with Crippen LogP contribution < -0.4 is 9.92 Å². The molecule has 0 heterocycles. The van der Waals surface area contributed by atoms with Crippen LogP contribution in [-0.2, 0) is 5.41 Å². The quantitative estimate of drug-likeness (QED) is 0.321. The lowest BCUT2D eigenvalue weighted by Crippen LogP contribution is -2.37. The Labute approximate surface area is 189 Å². The Morgan fingerprint density at radius 2 is 1.81 bits per heavy atom. The van der Waals surface area contributed by atoms with Gasteiger partial charge < -0.3 is 4.74 Å². The number of ether oxygens (including phenoxy) is 1. The van der Waals surface area contributed by atoms with E-state index in [-0.39, 0.29) is 5.41 Å². The molecule has 1 nitrogen and oxygen atoms in total. The van der Waals surface area contributed by atoms with Crippen molar-refractivity contribution in [3.05, 3.63) is 89.0 Å². The van der Waals surface area contributed by atoms with E-state index in [0.29, 0.717) is 12.1 Å². The first-order chi connectivity index (χ1) is 14.7. The van der Waals surface area contributed by atoms with Gasteiger partial charge in [-0.15, -0.1) is 0 Å². The second kappa shape index (κ2) is 8.16. The summed E-state index contributed by atoms with van der Waals surface area (Å²) in [6.07, 6.45) is 4.28.